The molecule has 0 spiro atoms. The van der Waals surface area contributed by atoms with E-state index in [1.165, 1.54) is 11.3 Å². The van der Waals surface area contributed by atoms with E-state index in [0.717, 1.165) is 16.9 Å². The Bertz CT molecular complexity index is 482. The molecule has 0 aliphatic carbocycles. The molecule has 1 aromatic carbocycles. The highest BCUT2D eigenvalue weighted by Crippen LogP contribution is 2.26. The van der Waals surface area contributed by atoms with E-state index in [9.17, 15) is 8.78 Å². The summed E-state index contributed by atoms with van der Waals surface area (Å²) in [7, 11) is 0. The van der Waals surface area contributed by atoms with Gasteiger partial charge in [-0.2, -0.15) is 8.78 Å². The SMILES string of the molecule is Nc1ncc(Cc2ccc(SC(F)F)cc2)s1. The molecule has 17 heavy (non-hydrogen) atoms. The van der Waals surface area contributed by atoms with Crippen molar-refractivity contribution in [1.29, 1.82) is 0 Å². The molecule has 2 rings (SSSR count). The highest BCUT2D eigenvalue weighted by molar-refractivity contribution is 7.99. The van der Waals surface area contributed by atoms with Crippen molar-refractivity contribution >= 4 is 28.2 Å². The van der Waals surface area contributed by atoms with Gasteiger partial charge >= 0.3 is 0 Å². The van der Waals surface area contributed by atoms with Crippen molar-refractivity contribution in [1.82, 2.24) is 4.98 Å². The summed E-state index contributed by atoms with van der Waals surface area (Å²) in [6.45, 7) is 0. The van der Waals surface area contributed by atoms with Crippen LogP contribution in [-0.4, -0.2) is 10.7 Å². The zero-order chi connectivity index (χ0) is 12.3. The quantitative estimate of drug-likeness (QED) is 0.864. The third-order valence-corrected chi connectivity index (χ3v) is 3.65. The van der Waals surface area contributed by atoms with Crippen LogP contribution in [0, 0.1) is 0 Å². The molecule has 0 saturated carbocycles. The molecule has 0 aliphatic rings. The first-order valence-electron chi connectivity index (χ1n) is 4.87. The zero-order valence-corrected chi connectivity index (χ0v) is 10.4. The lowest BCUT2D eigenvalue weighted by Crippen LogP contribution is -1.86. The summed E-state index contributed by atoms with van der Waals surface area (Å²) in [4.78, 5) is 5.61. The Morgan fingerprint density at radius 1 is 1.29 bits per heavy atom. The number of thioether (sulfide) groups is 1. The van der Waals surface area contributed by atoms with Crippen molar-refractivity contribution in [3.8, 4) is 0 Å². The van der Waals surface area contributed by atoms with Crippen molar-refractivity contribution in [2.45, 2.75) is 17.1 Å². The van der Waals surface area contributed by atoms with Crippen molar-refractivity contribution < 1.29 is 8.78 Å². The smallest absolute Gasteiger partial charge is 0.288 e. The average Bonchev–Trinajstić information content (AvgIpc) is 2.66. The van der Waals surface area contributed by atoms with Crippen LogP contribution in [-0.2, 0) is 6.42 Å². The minimum absolute atomic E-state index is 0.546. The number of nitrogens with two attached hydrogens (primary N) is 1. The van der Waals surface area contributed by atoms with E-state index in [2.05, 4.69) is 4.98 Å². The topological polar surface area (TPSA) is 38.9 Å². The molecule has 0 aliphatic heterocycles. The van der Waals surface area contributed by atoms with E-state index in [1.807, 2.05) is 12.1 Å². The second kappa shape index (κ2) is 5.46. The van der Waals surface area contributed by atoms with Crippen molar-refractivity contribution in [2.75, 3.05) is 5.73 Å². The molecule has 2 aromatic rings. The second-order valence-corrected chi connectivity index (χ2v) is 5.57. The standard InChI is InChI=1S/C11H10F2N2S2/c12-10(13)16-8-3-1-7(2-4-8)5-9-6-15-11(14)17-9/h1-4,6,10H,5H2,(H2,14,15). The number of rotatable bonds is 4. The normalized spacial score (nSPS) is 11.0. The Morgan fingerprint density at radius 3 is 2.53 bits per heavy atom. The Hall–Kier alpha value is -1.14. The predicted molar refractivity (Wildman–Crippen MR) is 67.6 cm³/mol. The third-order valence-electron chi connectivity index (χ3n) is 2.10. The Balaban J connectivity index is 2.03. The van der Waals surface area contributed by atoms with Crippen LogP contribution in [0.1, 0.15) is 10.4 Å². The maximum absolute atomic E-state index is 12.1. The van der Waals surface area contributed by atoms with Gasteiger partial charge in [-0.15, -0.1) is 11.3 Å². The summed E-state index contributed by atoms with van der Waals surface area (Å²) in [5.41, 5.74) is 6.59. The lowest BCUT2D eigenvalue weighted by Gasteiger charge is -2.02. The van der Waals surface area contributed by atoms with Crippen molar-refractivity contribution in [3.05, 3.63) is 40.9 Å². The second-order valence-electron chi connectivity index (χ2n) is 3.36. The van der Waals surface area contributed by atoms with Crippen LogP contribution in [0.3, 0.4) is 0 Å². The zero-order valence-electron chi connectivity index (χ0n) is 8.77. The van der Waals surface area contributed by atoms with E-state index in [0.29, 0.717) is 21.8 Å². The van der Waals surface area contributed by atoms with E-state index >= 15 is 0 Å². The first-order valence-corrected chi connectivity index (χ1v) is 6.57. The third kappa shape index (κ3) is 3.67. The monoisotopic (exact) mass is 272 g/mol. The van der Waals surface area contributed by atoms with Gasteiger partial charge in [0.1, 0.15) is 0 Å². The highest BCUT2D eigenvalue weighted by Gasteiger charge is 2.05. The van der Waals surface area contributed by atoms with Gasteiger partial charge in [-0.25, -0.2) is 4.98 Å². The molecule has 0 bridgehead atoms. The molecule has 6 heteroatoms. The van der Waals surface area contributed by atoms with Crippen LogP contribution >= 0.6 is 23.1 Å². The number of halogens is 2. The van der Waals surface area contributed by atoms with Gasteiger partial charge in [-0.1, -0.05) is 23.9 Å². The van der Waals surface area contributed by atoms with Crippen LogP contribution in [0.25, 0.3) is 0 Å². The van der Waals surface area contributed by atoms with Crippen LogP contribution in [0.4, 0.5) is 13.9 Å². The van der Waals surface area contributed by atoms with Crippen molar-refractivity contribution in [2.24, 2.45) is 0 Å². The number of thiazole rings is 1. The number of nitrogen functional groups attached to an aromatic ring is 1. The van der Waals surface area contributed by atoms with Crippen molar-refractivity contribution in [3.63, 3.8) is 0 Å². The molecule has 0 unspecified atom stereocenters. The first-order chi connectivity index (χ1) is 8.13. The minimum Gasteiger partial charge on any atom is -0.375 e. The highest BCUT2D eigenvalue weighted by atomic mass is 32.2. The summed E-state index contributed by atoms with van der Waals surface area (Å²) in [6, 6.07) is 7.11. The number of anilines is 1. The van der Waals surface area contributed by atoms with Gasteiger partial charge in [0, 0.05) is 22.4 Å². The number of benzene rings is 1. The van der Waals surface area contributed by atoms with E-state index in [4.69, 9.17) is 5.73 Å². The van der Waals surface area contributed by atoms with Gasteiger partial charge in [0.15, 0.2) is 5.13 Å². The molecule has 0 saturated heterocycles. The molecule has 1 heterocycles. The van der Waals surface area contributed by atoms with Gasteiger partial charge < -0.3 is 5.73 Å². The van der Waals surface area contributed by atoms with Gasteiger partial charge in [0.2, 0.25) is 0 Å². The molecule has 0 amide bonds. The summed E-state index contributed by atoms with van der Waals surface area (Å²) < 4.78 is 24.2. The number of aromatic nitrogens is 1. The number of hydrogen-bond donors (Lipinski definition) is 1. The predicted octanol–water partition coefficient (Wildman–Crippen LogP) is 3.63. The van der Waals surface area contributed by atoms with E-state index in [1.54, 1.807) is 18.3 Å². The lowest BCUT2D eigenvalue weighted by atomic mass is 10.1. The van der Waals surface area contributed by atoms with Gasteiger partial charge in [-0.3, -0.25) is 0 Å². The van der Waals surface area contributed by atoms with Crippen LogP contribution in [0.15, 0.2) is 35.4 Å². The molecule has 2 N–H and O–H groups in total. The maximum Gasteiger partial charge on any atom is 0.288 e. The maximum atomic E-state index is 12.1. The fourth-order valence-corrected chi connectivity index (χ4v) is 2.61. The van der Waals surface area contributed by atoms with Gasteiger partial charge in [0.05, 0.1) is 0 Å². The number of nitrogens with zero attached hydrogens (tertiary/aromatic N) is 1. The van der Waals surface area contributed by atoms with Crippen LogP contribution < -0.4 is 5.73 Å². The van der Waals surface area contributed by atoms with E-state index in [-0.39, 0.29) is 0 Å². The molecule has 0 radical (unpaired) electrons. The molecular weight excluding hydrogens is 262 g/mol. The Morgan fingerprint density at radius 2 is 2.00 bits per heavy atom. The van der Waals surface area contributed by atoms with Crippen LogP contribution in [0.2, 0.25) is 0 Å². The number of hydrogen-bond acceptors (Lipinski definition) is 4. The minimum atomic E-state index is -2.37. The number of alkyl halides is 2. The summed E-state index contributed by atoms with van der Waals surface area (Å²) in [5.74, 6) is -2.37. The largest absolute Gasteiger partial charge is 0.375 e. The summed E-state index contributed by atoms with van der Waals surface area (Å²) in [5, 5.41) is 0.546. The lowest BCUT2D eigenvalue weighted by molar-refractivity contribution is 0.252. The van der Waals surface area contributed by atoms with Gasteiger partial charge in [0.25, 0.3) is 5.76 Å². The van der Waals surface area contributed by atoms with Gasteiger partial charge in [-0.05, 0) is 17.7 Å². The van der Waals surface area contributed by atoms with Crippen LogP contribution in [0.5, 0.6) is 0 Å². The molecule has 0 fully saturated rings. The molecule has 1 aromatic heterocycles. The fraction of sp³-hybridized carbons (Fsp3) is 0.182. The Kier molecular flexibility index (Phi) is 3.96. The van der Waals surface area contributed by atoms with E-state index < -0.39 is 5.76 Å². The molecule has 0 atom stereocenters. The molecule has 90 valence electrons. The average molecular weight is 272 g/mol. The summed E-state index contributed by atoms with van der Waals surface area (Å²) in [6.07, 6.45) is 2.47. The molecular formula is C11H10F2N2S2. The fourth-order valence-electron chi connectivity index (χ4n) is 1.39. The Labute approximate surface area is 106 Å². The molecule has 2 nitrogen and oxygen atoms in total. The first kappa shape index (κ1) is 12.3. The summed E-state index contributed by atoms with van der Waals surface area (Å²) >= 11 is 1.99.